The molecule has 2 aromatic carbocycles. The molecule has 1 aromatic heterocycles. The third-order valence-corrected chi connectivity index (χ3v) is 6.16. The first kappa shape index (κ1) is 23.9. The van der Waals surface area contributed by atoms with Crippen LogP contribution in [0.1, 0.15) is 28.8 Å². The van der Waals surface area contributed by atoms with E-state index in [9.17, 15) is 17.6 Å². The molecule has 0 bridgehead atoms. The van der Waals surface area contributed by atoms with Gasteiger partial charge in [0.1, 0.15) is 11.4 Å². The Labute approximate surface area is 209 Å². The molecule has 0 spiro atoms. The average molecular weight is 511 g/mol. The second-order valence-corrected chi connectivity index (χ2v) is 8.86. The summed E-state index contributed by atoms with van der Waals surface area (Å²) in [4.78, 5) is 13.8. The number of allylic oxidation sites excluding steroid dienone is 3. The van der Waals surface area contributed by atoms with Gasteiger partial charge in [0, 0.05) is 12.6 Å². The minimum atomic E-state index is -4.76. The summed E-state index contributed by atoms with van der Waals surface area (Å²) in [6, 6.07) is 14.7. The van der Waals surface area contributed by atoms with Gasteiger partial charge in [-0.25, -0.2) is 14.4 Å². The Morgan fingerprint density at radius 1 is 1.00 bits per heavy atom. The minimum absolute atomic E-state index is 0.0117. The first-order valence-electron chi connectivity index (χ1n) is 11.1. The maximum Gasteiger partial charge on any atom is 0.416 e. The molecule has 1 N–H and O–H groups in total. The predicted molar refractivity (Wildman–Crippen MR) is 131 cm³/mol. The number of hydrogen-bond donors (Lipinski definition) is 1. The van der Waals surface area contributed by atoms with Crippen LogP contribution in [0.3, 0.4) is 0 Å². The maximum absolute atomic E-state index is 14.7. The second kappa shape index (κ2) is 9.35. The van der Waals surface area contributed by atoms with Gasteiger partial charge in [0.25, 0.3) is 0 Å². The van der Waals surface area contributed by atoms with Gasteiger partial charge < -0.3 is 5.32 Å². The van der Waals surface area contributed by atoms with Crippen molar-refractivity contribution in [2.75, 3.05) is 0 Å². The van der Waals surface area contributed by atoms with Crippen molar-refractivity contribution >= 4 is 23.3 Å². The van der Waals surface area contributed by atoms with E-state index in [0.29, 0.717) is 28.9 Å². The monoisotopic (exact) mass is 510 g/mol. The lowest BCUT2D eigenvalue weighted by Gasteiger charge is -2.31. The Balaban J connectivity index is 1.79. The molecule has 0 saturated heterocycles. The summed E-state index contributed by atoms with van der Waals surface area (Å²) in [5.74, 6) is -0.843. The van der Waals surface area contributed by atoms with Crippen LogP contribution in [0.2, 0.25) is 5.02 Å². The minimum Gasteiger partial charge on any atom is -0.323 e. The third kappa shape index (κ3) is 4.81. The van der Waals surface area contributed by atoms with Crippen molar-refractivity contribution < 1.29 is 17.6 Å². The number of hydrogen-bond acceptors (Lipinski definition) is 2. The molecule has 182 valence electrons. The van der Waals surface area contributed by atoms with Crippen LogP contribution in [0.25, 0.3) is 0 Å². The lowest BCUT2D eigenvalue weighted by molar-refractivity contribution is -0.137. The van der Waals surface area contributed by atoms with Crippen LogP contribution in [0.4, 0.5) is 17.6 Å². The highest BCUT2D eigenvalue weighted by molar-refractivity contribution is 6.30. The zero-order chi connectivity index (χ0) is 25.3. The number of alkyl halides is 3. The molecule has 2 aliphatic rings. The quantitative estimate of drug-likeness (QED) is 0.392. The predicted octanol–water partition coefficient (Wildman–Crippen LogP) is 6.62. The Morgan fingerprint density at radius 2 is 1.78 bits per heavy atom. The molecule has 1 atom stereocenters. The average Bonchev–Trinajstić information content (AvgIpc) is 3.26. The molecule has 4 nitrogen and oxygen atoms in total. The SMILES string of the molecule is Fc1cc(C(F)(F)F)cc([C@@](Cc2ccccc2)(N=C2N=C3C=CCC=C3N2)c2ccc(Cl)cn2)c1. The van der Waals surface area contributed by atoms with Crippen molar-refractivity contribution in [3.63, 3.8) is 0 Å². The van der Waals surface area contributed by atoms with Crippen molar-refractivity contribution in [1.82, 2.24) is 10.3 Å². The van der Waals surface area contributed by atoms with E-state index in [-0.39, 0.29) is 17.9 Å². The Morgan fingerprint density at radius 3 is 2.47 bits per heavy atom. The standard InChI is InChI=1S/C27H19ClF4N4/c28-20-10-11-24(33-16-20)26(15-17-6-2-1-3-7-17,18-12-19(27(30,31)32)14-21(29)13-18)36-25-34-22-8-4-5-9-23(22)35-25/h1-4,6-14,16H,5,15H2,(H,35,36)/t26-/m1/s1. The van der Waals surface area contributed by atoms with Crippen LogP contribution in [-0.4, -0.2) is 16.7 Å². The van der Waals surface area contributed by atoms with Gasteiger partial charge in [0.2, 0.25) is 5.96 Å². The summed E-state index contributed by atoms with van der Waals surface area (Å²) >= 11 is 6.07. The maximum atomic E-state index is 14.7. The molecule has 9 heteroatoms. The summed E-state index contributed by atoms with van der Waals surface area (Å²) in [5.41, 5.74) is -0.214. The fourth-order valence-electron chi connectivity index (χ4n) is 4.27. The Kier molecular flexibility index (Phi) is 6.22. The molecule has 0 amide bonds. The molecule has 1 aliphatic carbocycles. The van der Waals surface area contributed by atoms with E-state index in [4.69, 9.17) is 16.6 Å². The normalized spacial score (nSPS) is 17.8. The molecule has 36 heavy (non-hydrogen) atoms. The van der Waals surface area contributed by atoms with Crippen LogP contribution in [0.5, 0.6) is 0 Å². The van der Waals surface area contributed by atoms with Crippen molar-refractivity contribution in [1.29, 1.82) is 0 Å². The number of aliphatic imine (C=N–C) groups is 2. The topological polar surface area (TPSA) is 49.6 Å². The number of guanidine groups is 1. The van der Waals surface area contributed by atoms with Gasteiger partial charge in [0.15, 0.2) is 0 Å². The van der Waals surface area contributed by atoms with Crippen LogP contribution in [0, 0.1) is 5.82 Å². The first-order valence-corrected chi connectivity index (χ1v) is 11.5. The molecule has 2 heterocycles. The van der Waals surface area contributed by atoms with E-state index >= 15 is 0 Å². The molecular formula is C27H19ClF4N4. The van der Waals surface area contributed by atoms with E-state index < -0.39 is 23.1 Å². The fraction of sp³-hybridized carbons (Fsp3) is 0.148. The summed E-state index contributed by atoms with van der Waals surface area (Å²) < 4.78 is 55.9. The fourth-order valence-corrected chi connectivity index (χ4v) is 4.39. The highest BCUT2D eigenvalue weighted by Crippen LogP contribution is 2.40. The number of rotatable bonds is 5. The zero-order valence-corrected chi connectivity index (χ0v) is 19.5. The molecule has 1 aliphatic heterocycles. The Hall–Kier alpha value is -3.78. The number of pyridine rings is 1. The molecule has 0 saturated carbocycles. The van der Waals surface area contributed by atoms with Gasteiger partial charge in [-0.1, -0.05) is 54.1 Å². The second-order valence-electron chi connectivity index (χ2n) is 8.42. The molecule has 3 aromatic rings. The zero-order valence-electron chi connectivity index (χ0n) is 18.7. The number of aromatic nitrogens is 1. The number of benzene rings is 2. The highest BCUT2D eigenvalue weighted by atomic mass is 35.5. The smallest absolute Gasteiger partial charge is 0.323 e. The van der Waals surface area contributed by atoms with Gasteiger partial charge >= 0.3 is 6.18 Å². The molecule has 0 unspecified atom stereocenters. The van der Waals surface area contributed by atoms with Crippen LogP contribution in [0.15, 0.2) is 101 Å². The molecule has 0 fully saturated rings. The highest BCUT2D eigenvalue weighted by Gasteiger charge is 2.40. The molecule has 0 radical (unpaired) electrons. The van der Waals surface area contributed by atoms with E-state index in [1.807, 2.05) is 48.6 Å². The van der Waals surface area contributed by atoms with Crippen molar-refractivity contribution in [3.8, 4) is 0 Å². The lowest BCUT2D eigenvalue weighted by Crippen LogP contribution is -2.33. The number of halogens is 5. The van der Waals surface area contributed by atoms with Crippen LogP contribution >= 0.6 is 11.6 Å². The van der Waals surface area contributed by atoms with Crippen molar-refractivity contribution in [2.45, 2.75) is 24.6 Å². The first-order chi connectivity index (χ1) is 17.2. The molecule has 5 rings (SSSR count). The third-order valence-electron chi connectivity index (χ3n) is 5.94. The largest absolute Gasteiger partial charge is 0.416 e. The van der Waals surface area contributed by atoms with Gasteiger partial charge in [0.05, 0.1) is 27.7 Å². The molecular weight excluding hydrogens is 492 g/mol. The van der Waals surface area contributed by atoms with Gasteiger partial charge in [-0.15, -0.1) is 0 Å². The Bertz CT molecular complexity index is 1410. The van der Waals surface area contributed by atoms with E-state index in [1.54, 1.807) is 12.1 Å². The van der Waals surface area contributed by atoms with E-state index in [0.717, 1.165) is 23.4 Å². The summed E-state index contributed by atoms with van der Waals surface area (Å²) in [7, 11) is 0. The number of nitrogens with one attached hydrogen (secondary N) is 1. The summed E-state index contributed by atoms with van der Waals surface area (Å²) in [5, 5.41) is 3.47. The summed E-state index contributed by atoms with van der Waals surface area (Å²) in [6.07, 6.45) is 3.15. The van der Waals surface area contributed by atoms with E-state index in [2.05, 4.69) is 15.3 Å². The number of nitrogens with zero attached hydrogens (tertiary/aromatic N) is 3. The van der Waals surface area contributed by atoms with E-state index in [1.165, 1.54) is 6.20 Å². The van der Waals surface area contributed by atoms with Crippen molar-refractivity contribution in [3.05, 3.63) is 124 Å². The van der Waals surface area contributed by atoms with Crippen LogP contribution in [-0.2, 0) is 18.1 Å². The van der Waals surface area contributed by atoms with Gasteiger partial charge in [-0.3, -0.25) is 4.98 Å². The van der Waals surface area contributed by atoms with Gasteiger partial charge in [-0.05, 0) is 54.0 Å². The number of fused-ring (bicyclic) bond motifs is 1. The van der Waals surface area contributed by atoms with Gasteiger partial charge in [-0.2, -0.15) is 13.2 Å². The van der Waals surface area contributed by atoms with Crippen LogP contribution < -0.4 is 5.32 Å². The van der Waals surface area contributed by atoms with Crippen molar-refractivity contribution in [2.24, 2.45) is 9.98 Å². The summed E-state index contributed by atoms with van der Waals surface area (Å²) in [6.45, 7) is 0. The lowest BCUT2D eigenvalue weighted by atomic mass is 9.80.